The van der Waals surface area contributed by atoms with Crippen molar-refractivity contribution >= 4 is 45.0 Å². The number of carboxylic acid groups (broad SMARTS) is 1. The van der Waals surface area contributed by atoms with E-state index in [2.05, 4.69) is 10.3 Å². The van der Waals surface area contributed by atoms with E-state index >= 15 is 0 Å². The van der Waals surface area contributed by atoms with Crippen molar-refractivity contribution in [3.63, 3.8) is 0 Å². The third-order valence-electron chi connectivity index (χ3n) is 5.86. The molecule has 36 heavy (non-hydrogen) atoms. The number of carboxylic acids is 1. The fourth-order valence-corrected chi connectivity index (χ4v) is 5.25. The Morgan fingerprint density at radius 1 is 1.14 bits per heavy atom. The Balaban J connectivity index is 1.71. The van der Waals surface area contributed by atoms with Gasteiger partial charge in [-0.3, -0.25) is 19.4 Å². The molecule has 0 aliphatic carbocycles. The number of carbonyl (C=O) groups excluding carboxylic acids is 1. The van der Waals surface area contributed by atoms with Crippen molar-refractivity contribution in [3.8, 4) is 5.69 Å². The van der Waals surface area contributed by atoms with Gasteiger partial charge in [0.1, 0.15) is 4.83 Å². The Morgan fingerprint density at radius 2 is 1.89 bits per heavy atom. The molecule has 4 aromatic rings. The van der Waals surface area contributed by atoms with Crippen molar-refractivity contribution in [2.45, 2.75) is 39.2 Å². The van der Waals surface area contributed by atoms with Gasteiger partial charge in [0.2, 0.25) is 0 Å². The highest BCUT2D eigenvalue weighted by atomic mass is 35.5. The molecule has 0 fully saturated rings. The molecule has 2 aromatic carbocycles. The first-order chi connectivity index (χ1) is 17.2. The van der Waals surface area contributed by atoms with Gasteiger partial charge in [-0.25, -0.2) is 9.36 Å². The Bertz CT molecular complexity index is 1590. The molecule has 0 radical (unpaired) electrons. The van der Waals surface area contributed by atoms with E-state index < -0.39 is 29.2 Å². The first-order valence-corrected chi connectivity index (χ1v) is 12.5. The van der Waals surface area contributed by atoms with E-state index in [4.69, 9.17) is 11.6 Å². The number of rotatable bonds is 8. The third-order valence-corrected chi connectivity index (χ3v) is 7.20. The number of carbonyl (C=O) groups is 2. The van der Waals surface area contributed by atoms with Gasteiger partial charge < -0.3 is 10.4 Å². The van der Waals surface area contributed by atoms with Gasteiger partial charge in [-0.15, -0.1) is 11.3 Å². The number of H-pyrrole nitrogens is 1. The van der Waals surface area contributed by atoms with Crippen LogP contribution in [0.4, 0.5) is 0 Å². The molecule has 0 aliphatic rings. The van der Waals surface area contributed by atoms with Crippen LogP contribution in [0.15, 0.2) is 58.1 Å². The number of nitrogens with one attached hydrogen (secondary N) is 2. The van der Waals surface area contributed by atoms with Gasteiger partial charge >= 0.3 is 11.7 Å². The average molecular weight is 526 g/mol. The summed E-state index contributed by atoms with van der Waals surface area (Å²) in [6.45, 7) is 3.74. The van der Waals surface area contributed by atoms with Crippen LogP contribution in [-0.4, -0.2) is 32.6 Å². The molecule has 10 heteroatoms. The van der Waals surface area contributed by atoms with Gasteiger partial charge in [-0.2, -0.15) is 0 Å². The number of fused-ring (bicyclic) bond motifs is 1. The number of halogens is 1. The summed E-state index contributed by atoms with van der Waals surface area (Å²) >= 11 is 7.55. The number of nitrogens with zero attached hydrogens (tertiary/aromatic N) is 1. The molecule has 0 aliphatic heterocycles. The van der Waals surface area contributed by atoms with Crippen LogP contribution in [0.5, 0.6) is 0 Å². The van der Waals surface area contributed by atoms with Crippen molar-refractivity contribution in [1.29, 1.82) is 0 Å². The van der Waals surface area contributed by atoms with E-state index in [1.165, 1.54) is 17.4 Å². The van der Waals surface area contributed by atoms with Crippen molar-refractivity contribution in [3.05, 3.63) is 96.0 Å². The fraction of sp³-hybridized carbons (Fsp3) is 0.231. The molecule has 0 saturated heterocycles. The lowest BCUT2D eigenvalue weighted by molar-refractivity contribution is -0.137. The molecule has 1 unspecified atom stereocenters. The maximum atomic E-state index is 13.2. The van der Waals surface area contributed by atoms with Crippen LogP contribution in [0.1, 0.15) is 39.7 Å². The van der Waals surface area contributed by atoms with Gasteiger partial charge in [-0.1, -0.05) is 42.8 Å². The minimum Gasteiger partial charge on any atom is -0.481 e. The molecule has 2 aromatic heterocycles. The van der Waals surface area contributed by atoms with Crippen LogP contribution in [0.3, 0.4) is 0 Å². The summed E-state index contributed by atoms with van der Waals surface area (Å²) in [5.41, 5.74) is 0.874. The predicted molar refractivity (Wildman–Crippen MR) is 141 cm³/mol. The quantitative estimate of drug-likeness (QED) is 0.320. The number of aryl methyl sites for hydroxylation is 2. The zero-order chi connectivity index (χ0) is 26.0. The molecular weight excluding hydrogens is 502 g/mol. The molecule has 4 rings (SSSR count). The highest BCUT2D eigenvalue weighted by Crippen LogP contribution is 2.22. The SMILES string of the molecule is CCc1ccc(C(=O)NC(CC(=O)O)Cc2ccccc2Cl)cc1-n1c(=O)[nH]c2sc(C)cc2c1=O. The summed E-state index contributed by atoms with van der Waals surface area (Å²) in [4.78, 5) is 54.9. The highest BCUT2D eigenvalue weighted by Gasteiger charge is 2.21. The average Bonchev–Trinajstić information content (AvgIpc) is 3.20. The minimum atomic E-state index is -1.06. The summed E-state index contributed by atoms with van der Waals surface area (Å²) in [5.74, 6) is -1.58. The van der Waals surface area contributed by atoms with Gasteiger partial charge in [0.05, 0.1) is 17.5 Å². The minimum absolute atomic E-state index is 0.199. The standard InChI is InChI=1S/C26H24ClN3O5S/c1-3-15-8-9-17(12-21(15)30-25(34)19-10-14(2)36-24(19)29-26(30)35)23(33)28-18(13-22(31)32)11-16-6-4-5-7-20(16)27/h4-10,12,18H,3,11,13H2,1-2H3,(H,28,33)(H,29,35)(H,31,32). The van der Waals surface area contributed by atoms with Gasteiger partial charge in [-0.05, 0) is 55.2 Å². The molecular formula is C26H24ClN3O5S. The maximum absolute atomic E-state index is 13.2. The van der Waals surface area contributed by atoms with E-state index in [0.717, 1.165) is 9.44 Å². The summed E-state index contributed by atoms with van der Waals surface area (Å²) < 4.78 is 1.04. The number of aliphatic carboxylic acids is 1. The van der Waals surface area contributed by atoms with Crippen molar-refractivity contribution in [2.24, 2.45) is 0 Å². The zero-order valence-electron chi connectivity index (χ0n) is 19.6. The van der Waals surface area contributed by atoms with Crippen LogP contribution in [0.25, 0.3) is 15.9 Å². The molecule has 3 N–H and O–H groups in total. The fourth-order valence-electron chi connectivity index (χ4n) is 4.15. The van der Waals surface area contributed by atoms with E-state index in [1.54, 1.807) is 42.5 Å². The topological polar surface area (TPSA) is 121 Å². The molecule has 186 valence electrons. The van der Waals surface area contributed by atoms with Crippen LogP contribution >= 0.6 is 22.9 Å². The van der Waals surface area contributed by atoms with E-state index in [-0.39, 0.29) is 18.4 Å². The molecule has 2 heterocycles. The number of hydrogen-bond donors (Lipinski definition) is 3. The van der Waals surface area contributed by atoms with Crippen LogP contribution in [0.2, 0.25) is 5.02 Å². The first-order valence-electron chi connectivity index (χ1n) is 11.3. The second kappa shape index (κ2) is 10.5. The van der Waals surface area contributed by atoms with Crippen molar-refractivity contribution in [1.82, 2.24) is 14.9 Å². The molecule has 0 saturated carbocycles. The largest absolute Gasteiger partial charge is 0.481 e. The molecule has 1 atom stereocenters. The normalized spacial score (nSPS) is 12.0. The second-order valence-corrected chi connectivity index (χ2v) is 10.1. The van der Waals surface area contributed by atoms with E-state index in [9.17, 15) is 24.3 Å². The number of thiophene rings is 1. The lowest BCUT2D eigenvalue weighted by Gasteiger charge is -2.19. The zero-order valence-corrected chi connectivity index (χ0v) is 21.2. The van der Waals surface area contributed by atoms with Crippen LogP contribution < -0.4 is 16.6 Å². The number of hydrogen-bond acceptors (Lipinski definition) is 5. The molecule has 0 bridgehead atoms. The Morgan fingerprint density at radius 3 is 2.58 bits per heavy atom. The van der Waals surface area contributed by atoms with Crippen molar-refractivity contribution < 1.29 is 14.7 Å². The second-order valence-electron chi connectivity index (χ2n) is 8.43. The lowest BCUT2D eigenvalue weighted by Crippen LogP contribution is -2.38. The summed E-state index contributed by atoms with van der Waals surface area (Å²) in [7, 11) is 0. The third kappa shape index (κ3) is 5.27. The molecule has 0 spiro atoms. The summed E-state index contributed by atoms with van der Waals surface area (Å²) in [6.07, 6.45) is 0.451. The van der Waals surface area contributed by atoms with E-state index in [0.29, 0.717) is 38.5 Å². The lowest BCUT2D eigenvalue weighted by atomic mass is 10.0. The molecule has 1 amide bonds. The number of benzene rings is 2. The Hall–Kier alpha value is -3.69. The van der Waals surface area contributed by atoms with Crippen molar-refractivity contribution in [2.75, 3.05) is 0 Å². The van der Waals surface area contributed by atoms with Gasteiger partial charge in [0, 0.05) is 21.5 Å². The first kappa shape index (κ1) is 25.4. The van der Waals surface area contributed by atoms with Gasteiger partial charge in [0.25, 0.3) is 11.5 Å². The number of aromatic nitrogens is 2. The van der Waals surface area contributed by atoms with Crippen LogP contribution in [-0.2, 0) is 17.6 Å². The highest BCUT2D eigenvalue weighted by molar-refractivity contribution is 7.18. The Labute approximate surface area is 215 Å². The maximum Gasteiger partial charge on any atom is 0.334 e. The number of aromatic amines is 1. The van der Waals surface area contributed by atoms with Gasteiger partial charge in [0.15, 0.2) is 0 Å². The van der Waals surface area contributed by atoms with E-state index in [1.807, 2.05) is 13.8 Å². The monoisotopic (exact) mass is 525 g/mol. The number of amides is 1. The Kier molecular flexibility index (Phi) is 7.42. The van der Waals surface area contributed by atoms with Crippen LogP contribution in [0, 0.1) is 6.92 Å². The predicted octanol–water partition coefficient (Wildman–Crippen LogP) is 4.08. The smallest absolute Gasteiger partial charge is 0.334 e. The molecule has 8 nitrogen and oxygen atoms in total. The summed E-state index contributed by atoms with van der Waals surface area (Å²) in [5, 5.41) is 13.0. The summed E-state index contributed by atoms with van der Waals surface area (Å²) in [6, 6.07) is 12.8.